The molecule has 0 aliphatic rings. The highest BCUT2D eigenvalue weighted by Crippen LogP contribution is 2.49. The first kappa shape index (κ1) is 25.7. The average Bonchev–Trinajstić information content (AvgIpc) is 2.49. The van der Waals surface area contributed by atoms with E-state index in [0.717, 1.165) is 0 Å². The van der Waals surface area contributed by atoms with Gasteiger partial charge in [-0.3, -0.25) is 0 Å². The van der Waals surface area contributed by atoms with Crippen LogP contribution in [0.2, 0.25) is 0 Å². The van der Waals surface area contributed by atoms with Crippen molar-refractivity contribution >= 4 is 10.1 Å². The summed E-state index contributed by atoms with van der Waals surface area (Å²) in [5.41, 5.74) is 0. The molecule has 0 aromatic heterocycles. The molecule has 0 aliphatic heterocycles. The first-order valence-electron chi connectivity index (χ1n) is 7.49. The normalized spacial score (nSPS) is 14.2. The van der Waals surface area contributed by atoms with E-state index in [0.29, 0.717) is 6.92 Å². The van der Waals surface area contributed by atoms with E-state index in [1.807, 2.05) is 0 Å². The van der Waals surface area contributed by atoms with Gasteiger partial charge in [-0.25, -0.2) is 8.42 Å². The summed E-state index contributed by atoms with van der Waals surface area (Å²) in [7, 11) is -6.87. The number of rotatable bonds is 8. The second-order valence-corrected chi connectivity index (χ2v) is 6.63. The Kier molecular flexibility index (Phi) is 9.32. The van der Waals surface area contributed by atoms with Crippen molar-refractivity contribution in [3.63, 3.8) is 0 Å². The van der Waals surface area contributed by atoms with Gasteiger partial charge in [0.25, 0.3) is 0 Å². The molecule has 0 aromatic carbocycles. The molecule has 0 N–H and O–H groups in total. The molecule has 0 unspecified atom stereocenters. The van der Waals surface area contributed by atoms with E-state index >= 15 is 0 Å². The third-order valence-corrected chi connectivity index (χ3v) is 5.15. The molecule has 0 aliphatic carbocycles. The zero-order chi connectivity index (χ0) is 20.0. The Labute approximate surface area is 139 Å². The molecule has 0 heterocycles. The van der Waals surface area contributed by atoms with Gasteiger partial charge in [-0.2, -0.15) is 26.3 Å². The lowest BCUT2D eigenvalue weighted by molar-refractivity contribution is -0.921. The summed E-state index contributed by atoms with van der Waals surface area (Å²) in [6.45, 7) is 14.7. The van der Waals surface area contributed by atoms with Crippen molar-refractivity contribution in [3.05, 3.63) is 0 Å². The zero-order valence-electron chi connectivity index (χ0n) is 14.4. The minimum absolute atomic E-state index is 0.446. The molecule has 11 heteroatoms. The molecule has 0 fully saturated rings. The minimum atomic E-state index is -6.87. The van der Waals surface area contributed by atoms with Crippen LogP contribution in [-0.4, -0.2) is 60.7 Å². The highest BCUT2D eigenvalue weighted by atomic mass is 32.2. The fourth-order valence-corrected chi connectivity index (χ4v) is 2.40. The van der Waals surface area contributed by atoms with Gasteiger partial charge >= 0.3 is 17.1 Å². The van der Waals surface area contributed by atoms with Crippen LogP contribution in [0.5, 0.6) is 0 Å². The van der Waals surface area contributed by atoms with Crippen molar-refractivity contribution < 1.29 is 43.8 Å². The maximum atomic E-state index is 12.4. The fourth-order valence-electron chi connectivity index (χ4n) is 1.93. The highest BCUT2D eigenvalue weighted by molar-refractivity contribution is 7.86. The minimum Gasteiger partial charge on any atom is -0.743 e. The van der Waals surface area contributed by atoms with E-state index in [9.17, 15) is 39.3 Å². The largest absolute Gasteiger partial charge is 0.743 e. The monoisotopic (exact) mass is 389 g/mol. The van der Waals surface area contributed by atoms with Crippen molar-refractivity contribution in [2.24, 2.45) is 0 Å². The first-order valence-corrected chi connectivity index (χ1v) is 8.90. The average molecular weight is 389 g/mol. The standard InChI is InChI=1S/C8H20N.C5H6F6O3S/c1-5-9(6-2,7-3)8-4;1-2-3(6,7)4(8,9)5(10,11)15(12,13)14/h5-8H2,1-4H3;2H2,1H3,(H,12,13,14)/q+1;/p-1. The summed E-state index contributed by atoms with van der Waals surface area (Å²) in [4.78, 5) is 0. The molecule has 0 saturated carbocycles. The quantitative estimate of drug-likeness (QED) is 0.361. The van der Waals surface area contributed by atoms with E-state index in [1.165, 1.54) is 30.7 Å². The van der Waals surface area contributed by atoms with Crippen molar-refractivity contribution in [1.82, 2.24) is 0 Å². The lowest BCUT2D eigenvalue weighted by Gasteiger charge is -2.34. The van der Waals surface area contributed by atoms with Crippen LogP contribution in [0, 0.1) is 0 Å². The van der Waals surface area contributed by atoms with Crippen LogP contribution in [0.1, 0.15) is 41.0 Å². The van der Waals surface area contributed by atoms with Crippen LogP contribution in [0.15, 0.2) is 0 Å². The van der Waals surface area contributed by atoms with Crippen LogP contribution in [0.4, 0.5) is 26.3 Å². The van der Waals surface area contributed by atoms with Gasteiger partial charge in [-0.05, 0) is 27.7 Å². The Morgan fingerprint density at radius 1 is 0.792 bits per heavy atom. The lowest BCUT2D eigenvalue weighted by atomic mass is 10.1. The molecular formula is C13H25F6NO3S. The molecule has 0 saturated heterocycles. The van der Waals surface area contributed by atoms with Crippen LogP contribution < -0.4 is 0 Å². The first-order chi connectivity index (χ1) is 10.6. The second-order valence-electron chi connectivity index (χ2n) is 5.21. The third kappa shape index (κ3) is 5.22. The number of hydrogen-bond donors (Lipinski definition) is 0. The van der Waals surface area contributed by atoms with Crippen molar-refractivity contribution in [3.8, 4) is 0 Å². The fraction of sp³-hybridized carbons (Fsp3) is 1.00. The number of hydrogen-bond acceptors (Lipinski definition) is 3. The molecule has 24 heavy (non-hydrogen) atoms. The molecule has 0 bridgehead atoms. The number of quaternary nitrogens is 1. The van der Waals surface area contributed by atoms with Crippen molar-refractivity contribution in [1.29, 1.82) is 0 Å². The van der Waals surface area contributed by atoms with Gasteiger partial charge < -0.3 is 9.04 Å². The highest BCUT2D eigenvalue weighted by Gasteiger charge is 2.73. The summed E-state index contributed by atoms with van der Waals surface area (Å²) in [5.74, 6) is -11.5. The molecule has 0 amide bonds. The van der Waals surface area contributed by atoms with Crippen LogP contribution in [-0.2, 0) is 10.1 Å². The van der Waals surface area contributed by atoms with E-state index in [2.05, 4.69) is 27.7 Å². The number of nitrogens with zero attached hydrogens (tertiary/aromatic N) is 1. The molecule has 0 spiro atoms. The molecule has 0 atom stereocenters. The van der Waals surface area contributed by atoms with E-state index in [-0.39, 0.29) is 0 Å². The van der Waals surface area contributed by atoms with Crippen molar-refractivity contribution in [2.45, 2.75) is 58.1 Å². The number of alkyl halides is 6. The Hall–Kier alpha value is -0.550. The predicted molar refractivity (Wildman–Crippen MR) is 77.3 cm³/mol. The molecule has 4 nitrogen and oxygen atoms in total. The van der Waals surface area contributed by atoms with Crippen LogP contribution in [0.3, 0.4) is 0 Å². The maximum absolute atomic E-state index is 12.4. The lowest BCUT2D eigenvalue weighted by Crippen LogP contribution is -2.57. The van der Waals surface area contributed by atoms with Crippen molar-refractivity contribution in [2.75, 3.05) is 26.2 Å². The van der Waals surface area contributed by atoms with E-state index in [4.69, 9.17) is 0 Å². The Morgan fingerprint density at radius 3 is 1.21 bits per heavy atom. The Bertz CT molecular complexity index is 461. The summed E-state index contributed by atoms with van der Waals surface area (Å²) in [5, 5.41) is -6.35. The summed E-state index contributed by atoms with van der Waals surface area (Å²) in [6.07, 6.45) is -1.73. The van der Waals surface area contributed by atoms with E-state index in [1.54, 1.807) is 0 Å². The van der Waals surface area contributed by atoms with Gasteiger partial charge in [0, 0.05) is 6.42 Å². The maximum Gasteiger partial charge on any atom is 0.402 e. The summed E-state index contributed by atoms with van der Waals surface area (Å²) >= 11 is 0. The molecule has 0 rings (SSSR count). The van der Waals surface area contributed by atoms with Gasteiger partial charge in [0.05, 0.1) is 26.2 Å². The van der Waals surface area contributed by atoms with Gasteiger partial charge in [-0.1, -0.05) is 6.92 Å². The van der Waals surface area contributed by atoms with Crippen LogP contribution >= 0.6 is 0 Å². The molecule has 0 radical (unpaired) electrons. The molecular weight excluding hydrogens is 364 g/mol. The van der Waals surface area contributed by atoms with Gasteiger partial charge in [0.1, 0.15) is 0 Å². The summed E-state index contributed by atoms with van der Waals surface area (Å²) < 4.78 is 104. The van der Waals surface area contributed by atoms with Gasteiger partial charge in [0.2, 0.25) is 0 Å². The molecule has 148 valence electrons. The van der Waals surface area contributed by atoms with Crippen LogP contribution in [0.25, 0.3) is 0 Å². The van der Waals surface area contributed by atoms with Gasteiger partial charge in [-0.15, -0.1) is 0 Å². The number of halogens is 6. The zero-order valence-corrected chi connectivity index (χ0v) is 15.2. The SMILES string of the molecule is CCC(F)(F)C(F)(F)C(F)(F)S(=O)(=O)[O-].CC[N+](CC)(CC)CC. The predicted octanol–water partition coefficient (Wildman–Crippen LogP) is 3.69. The van der Waals surface area contributed by atoms with Gasteiger partial charge in [0.15, 0.2) is 10.1 Å². The van der Waals surface area contributed by atoms with E-state index < -0.39 is 33.6 Å². The Morgan fingerprint density at radius 2 is 1.08 bits per heavy atom. The second kappa shape index (κ2) is 8.70. The third-order valence-electron chi connectivity index (χ3n) is 4.27. The Balaban J connectivity index is 0. The summed E-state index contributed by atoms with van der Waals surface area (Å²) in [6, 6.07) is 0. The smallest absolute Gasteiger partial charge is 0.402 e. The topological polar surface area (TPSA) is 57.2 Å². The molecule has 0 aromatic rings.